The van der Waals surface area contributed by atoms with E-state index in [0.29, 0.717) is 5.56 Å². The van der Waals surface area contributed by atoms with E-state index in [1.54, 1.807) is 18.2 Å². The van der Waals surface area contributed by atoms with E-state index in [1.807, 2.05) is 0 Å². The Hall–Kier alpha value is -2.28. The highest BCUT2D eigenvalue weighted by molar-refractivity contribution is 7.99. The van der Waals surface area contributed by atoms with Crippen LogP contribution in [0.3, 0.4) is 0 Å². The van der Waals surface area contributed by atoms with Gasteiger partial charge in [-0.3, -0.25) is 4.79 Å². The topological polar surface area (TPSA) is 70.8 Å². The first-order chi connectivity index (χ1) is 10.6. The summed E-state index contributed by atoms with van der Waals surface area (Å²) in [6, 6.07) is 7.81. The summed E-state index contributed by atoms with van der Waals surface area (Å²) in [5, 5.41) is 8.85. The van der Waals surface area contributed by atoms with Gasteiger partial charge in [-0.1, -0.05) is 12.1 Å². The molecule has 1 aromatic heterocycles. The minimum absolute atomic E-state index is 0.0841. The third kappa shape index (κ3) is 2.59. The lowest BCUT2D eigenvalue weighted by molar-refractivity contribution is -0.141. The highest BCUT2D eigenvalue weighted by Crippen LogP contribution is 2.42. The third-order valence-electron chi connectivity index (χ3n) is 3.41. The van der Waals surface area contributed by atoms with Gasteiger partial charge >= 0.3 is 5.97 Å². The number of furan rings is 1. The van der Waals surface area contributed by atoms with E-state index < -0.39 is 23.3 Å². The summed E-state index contributed by atoms with van der Waals surface area (Å²) in [7, 11) is 0. The number of amides is 1. The van der Waals surface area contributed by atoms with E-state index in [2.05, 4.69) is 0 Å². The average Bonchev–Trinajstić information content (AvgIpc) is 3.17. The maximum atomic E-state index is 13.1. The van der Waals surface area contributed by atoms with Crippen LogP contribution in [-0.2, 0) is 4.79 Å². The number of carbonyl (C=O) groups excluding carboxylic acids is 1. The normalized spacial score (nSPS) is 21.0. The number of nitrogens with zero attached hydrogens (tertiary/aromatic N) is 1. The average molecular weight is 321 g/mol. The minimum atomic E-state index is -1.07. The van der Waals surface area contributed by atoms with Gasteiger partial charge in [0.1, 0.15) is 17.2 Å². The van der Waals surface area contributed by atoms with Gasteiger partial charge in [0.2, 0.25) is 0 Å². The number of benzene rings is 1. The van der Waals surface area contributed by atoms with Gasteiger partial charge in [0, 0.05) is 5.75 Å². The van der Waals surface area contributed by atoms with Gasteiger partial charge in [-0.25, -0.2) is 9.18 Å². The van der Waals surface area contributed by atoms with Crippen molar-refractivity contribution in [3.63, 3.8) is 0 Å². The van der Waals surface area contributed by atoms with Crippen molar-refractivity contribution in [2.24, 2.45) is 0 Å². The van der Waals surface area contributed by atoms with E-state index in [4.69, 9.17) is 4.42 Å². The third-order valence-corrected chi connectivity index (χ3v) is 4.73. The Bertz CT molecular complexity index is 686. The van der Waals surface area contributed by atoms with E-state index in [1.165, 1.54) is 41.1 Å². The fraction of sp³-hybridized carbons (Fsp3) is 0.200. The van der Waals surface area contributed by atoms with Crippen molar-refractivity contribution >= 4 is 23.6 Å². The number of hydrogen-bond donors (Lipinski definition) is 1. The minimum Gasteiger partial charge on any atom is -0.480 e. The number of carbonyl (C=O) groups is 2. The molecule has 1 aromatic carbocycles. The van der Waals surface area contributed by atoms with Crippen molar-refractivity contribution in [3.8, 4) is 0 Å². The zero-order valence-electron chi connectivity index (χ0n) is 11.3. The summed E-state index contributed by atoms with van der Waals surface area (Å²) in [5.74, 6) is -1.59. The molecule has 0 aliphatic carbocycles. The molecule has 7 heteroatoms. The Labute approximate surface area is 129 Å². The molecule has 0 radical (unpaired) electrons. The summed E-state index contributed by atoms with van der Waals surface area (Å²) in [6.07, 6.45) is 1.36. The Morgan fingerprint density at radius 2 is 2.00 bits per heavy atom. The molecule has 1 aliphatic rings. The second kappa shape index (κ2) is 5.84. The van der Waals surface area contributed by atoms with Crippen LogP contribution in [0.4, 0.5) is 4.39 Å². The van der Waals surface area contributed by atoms with E-state index in [0.717, 1.165) is 0 Å². The summed E-state index contributed by atoms with van der Waals surface area (Å²) in [5.41, 5.74) is 0.676. The SMILES string of the molecule is O=C(O)C1CSC(c2ccc(F)cc2)N1C(=O)c1ccco1. The lowest BCUT2D eigenvalue weighted by Crippen LogP contribution is -2.42. The molecule has 1 amide bonds. The lowest BCUT2D eigenvalue weighted by Gasteiger charge is -2.26. The first kappa shape index (κ1) is 14.6. The Morgan fingerprint density at radius 1 is 1.27 bits per heavy atom. The molecule has 5 nitrogen and oxygen atoms in total. The van der Waals surface area contributed by atoms with Gasteiger partial charge in [0.25, 0.3) is 5.91 Å². The van der Waals surface area contributed by atoms with Crippen molar-refractivity contribution in [3.05, 3.63) is 59.8 Å². The van der Waals surface area contributed by atoms with Gasteiger partial charge in [0.15, 0.2) is 5.76 Å². The van der Waals surface area contributed by atoms with Crippen LogP contribution in [0.15, 0.2) is 47.1 Å². The largest absolute Gasteiger partial charge is 0.480 e. The number of thioether (sulfide) groups is 1. The Morgan fingerprint density at radius 3 is 2.59 bits per heavy atom. The van der Waals surface area contributed by atoms with Gasteiger partial charge in [0.05, 0.1) is 6.26 Å². The van der Waals surface area contributed by atoms with Gasteiger partial charge in [-0.05, 0) is 29.8 Å². The maximum Gasteiger partial charge on any atom is 0.327 e. The zero-order valence-corrected chi connectivity index (χ0v) is 12.1. The molecule has 3 rings (SSSR count). The first-order valence-corrected chi connectivity index (χ1v) is 7.59. The molecule has 2 heterocycles. The molecule has 2 atom stereocenters. The van der Waals surface area contributed by atoms with Crippen molar-refractivity contribution in [2.75, 3.05) is 5.75 Å². The second-order valence-electron chi connectivity index (χ2n) is 4.78. The van der Waals surface area contributed by atoms with Crippen molar-refractivity contribution in [2.45, 2.75) is 11.4 Å². The molecule has 114 valence electrons. The van der Waals surface area contributed by atoms with Crippen LogP contribution in [-0.4, -0.2) is 33.7 Å². The van der Waals surface area contributed by atoms with E-state index >= 15 is 0 Å². The molecular formula is C15H12FNO4S. The van der Waals surface area contributed by atoms with Crippen LogP contribution in [0.1, 0.15) is 21.5 Å². The maximum absolute atomic E-state index is 13.1. The molecule has 1 N–H and O–H groups in total. The van der Waals surface area contributed by atoms with Crippen LogP contribution in [0.25, 0.3) is 0 Å². The van der Waals surface area contributed by atoms with Crippen molar-refractivity contribution in [1.29, 1.82) is 0 Å². The van der Waals surface area contributed by atoms with E-state index in [9.17, 15) is 19.1 Å². The second-order valence-corrected chi connectivity index (χ2v) is 5.89. The van der Waals surface area contributed by atoms with E-state index in [-0.39, 0.29) is 17.3 Å². The monoisotopic (exact) mass is 321 g/mol. The molecule has 2 unspecified atom stereocenters. The fourth-order valence-corrected chi connectivity index (χ4v) is 3.78. The highest BCUT2D eigenvalue weighted by atomic mass is 32.2. The van der Waals surface area contributed by atoms with Gasteiger partial charge in [-0.15, -0.1) is 11.8 Å². The summed E-state index contributed by atoms with van der Waals surface area (Å²) < 4.78 is 18.1. The molecule has 2 aromatic rings. The number of aliphatic carboxylic acids is 1. The number of hydrogen-bond acceptors (Lipinski definition) is 4. The number of carboxylic acid groups (broad SMARTS) is 1. The Balaban J connectivity index is 1.96. The number of carboxylic acids is 1. The van der Waals surface area contributed by atoms with Crippen LogP contribution < -0.4 is 0 Å². The predicted molar refractivity (Wildman–Crippen MR) is 77.9 cm³/mol. The molecule has 0 spiro atoms. The first-order valence-electron chi connectivity index (χ1n) is 6.54. The lowest BCUT2D eigenvalue weighted by atomic mass is 10.1. The smallest absolute Gasteiger partial charge is 0.327 e. The summed E-state index contributed by atoms with van der Waals surface area (Å²) in [6.45, 7) is 0. The predicted octanol–water partition coefficient (Wildman–Crippen LogP) is 2.76. The van der Waals surface area contributed by atoms with Crippen LogP contribution in [0.2, 0.25) is 0 Å². The van der Waals surface area contributed by atoms with Crippen LogP contribution in [0.5, 0.6) is 0 Å². The standard InChI is InChI=1S/C15H12FNO4S/c16-10-5-3-9(4-6-10)14-17(11(8-22-14)15(19)20)13(18)12-2-1-7-21-12/h1-7,11,14H,8H2,(H,19,20). The zero-order chi connectivity index (χ0) is 15.7. The molecule has 0 bridgehead atoms. The number of rotatable bonds is 3. The molecular weight excluding hydrogens is 309 g/mol. The molecule has 1 fully saturated rings. The summed E-state index contributed by atoms with van der Waals surface area (Å²) >= 11 is 1.33. The highest BCUT2D eigenvalue weighted by Gasteiger charge is 2.43. The molecule has 1 aliphatic heterocycles. The molecule has 22 heavy (non-hydrogen) atoms. The van der Waals surface area contributed by atoms with Crippen molar-refractivity contribution in [1.82, 2.24) is 4.90 Å². The van der Waals surface area contributed by atoms with Crippen molar-refractivity contribution < 1.29 is 23.5 Å². The van der Waals surface area contributed by atoms with Crippen LogP contribution in [0, 0.1) is 5.82 Å². The fourth-order valence-electron chi connectivity index (χ4n) is 2.36. The van der Waals surface area contributed by atoms with Gasteiger partial charge < -0.3 is 14.4 Å². The number of halogens is 1. The Kier molecular flexibility index (Phi) is 3.89. The summed E-state index contributed by atoms with van der Waals surface area (Å²) in [4.78, 5) is 25.3. The quantitative estimate of drug-likeness (QED) is 0.941. The molecule has 0 saturated carbocycles. The van der Waals surface area contributed by atoms with Gasteiger partial charge in [-0.2, -0.15) is 0 Å². The van der Waals surface area contributed by atoms with Crippen LogP contribution >= 0.6 is 11.8 Å². The molecule has 1 saturated heterocycles.